The molecule has 10 heteroatoms. The average molecular weight is 440 g/mol. The molecule has 0 aliphatic rings. The molecule has 0 unspecified atom stereocenters. The van der Waals surface area contributed by atoms with Gasteiger partial charge in [0.25, 0.3) is 0 Å². The third kappa shape index (κ3) is 4.93. The number of nitrogens with one attached hydrogen (secondary N) is 3. The fourth-order valence-corrected chi connectivity index (χ4v) is 5.22. The number of benzene rings is 1. The number of H-pyrrole nitrogens is 1. The van der Waals surface area contributed by atoms with E-state index in [2.05, 4.69) is 20.2 Å². The zero-order valence-electron chi connectivity index (χ0n) is 17.8. The molecule has 0 saturated heterocycles. The van der Waals surface area contributed by atoms with Crippen LogP contribution < -0.4 is 10.0 Å². The number of amides is 1. The lowest BCUT2D eigenvalue weighted by Gasteiger charge is -2.19. The Morgan fingerprint density at radius 1 is 1.07 bits per heavy atom. The van der Waals surface area contributed by atoms with Gasteiger partial charge in [0.15, 0.2) is 10.6 Å². The Morgan fingerprint density at radius 3 is 2.17 bits per heavy atom. The second-order valence-electron chi connectivity index (χ2n) is 7.07. The van der Waals surface area contributed by atoms with Crippen molar-refractivity contribution >= 4 is 28.1 Å². The highest BCUT2D eigenvalue weighted by Crippen LogP contribution is 2.29. The first kappa shape index (κ1) is 23.2. The molecule has 3 N–H and O–H groups in total. The van der Waals surface area contributed by atoms with Crippen LogP contribution in [0.25, 0.3) is 0 Å². The normalized spacial score (nSPS) is 11.7. The monoisotopic (exact) mass is 439 g/mol. The minimum Gasteiger partial charge on any atom is -0.349 e. The van der Waals surface area contributed by atoms with Crippen molar-refractivity contribution in [3.05, 3.63) is 38.4 Å². The zero-order valence-corrected chi connectivity index (χ0v) is 19.4. The summed E-state index contributed by atoms with van der Waals surface area (Å²) < 4.78 is 30.6. The SMILES string of the molecule is CCn1c(CNC(=O)CCNS(=O)(=O)c2c(C)c(C)c(C)c(C)c2C)n[nH]c1=S. The third-order valence-electron chi connectivity index (χ3n) is 5.44. The summed E-state index contributed by atoms with van der Waals surface area (Å²) in [6, 6.07) is 0. The molecule has 0 atom stereocenters. The summed E-state index contributed by atoms with van der Waals surface area (Å²) >= 11 is 5.11. The van der Waals surface area contributed by atoms with Gasteiger partial charge in [-0.25, -0.2) is 13.1 Å². The number of hydrogen-bond acceptors (Lipinski definition) is 5. The van der Waals surface area contributed by atoms with E-state index in [1.165, 1.54) is 0 Å². The summed E-state index contributed by atoms with van der Waals surface area (Å²) in [6.45, 7) is 12.3. The summed E-state index contributed by atoms with van der Waals surface area (Å²) in [7, 11) is -3.72. The van der Waals surface area contributed by atoms with Crippen molar-refractivity contribution in [3.8, 4) is 0 Å². The lowest BCUT2D eigenvalue weighted by molar-refractivity contribution is -0.121. The van der Waals surface area contributed by atoms with Gasteiger partial charge in [-0.2, -0.15) is 5.10 Å². The largest absolute Gasteiger partial charge is 0.349 e. The van der Waals surface area contributed by atoms with E-state index in [4.69, 9.17) is 12.2 Å². The molecule has 2 aromatic rings. The molecule has 1 heterocycles. The highest BCUT2D eigenvalue weighted by Gasteiger charge is 2.23. The summed E-state index contributed by atoms with van der Waals surface area (Å²) in [5.74, 6) is 0.359. The van der Waals surface area contributed by atoms with Gasteiger partial charge in [0, 0.05) is 19.5 Å². The van der Waals surface area contributed by atoms with Crippen LogP contribution >= 0.6 is 12.2 Å². The molecule has 0 saturated carbocycles. The molecule has 2 rings (SSSR count). The molecule has 1 aromatic heterocycles. The van der Waals surface area contributed by atoms with Crippen LogP contribution in [0.4, 0.5) is 0 Å². The number of rotatable bonds is 8. The number of carbonyl (C=O) groups excluding carboxylic acids is 1. The second kappa shape index (κ2) is 9.19. The number of aromatic amines is 1. The number of hydrogen-bond donors (Lipinski definition) is 3. The molecule has 0 aliphatic carbocycles. The Morgan fingerprint density at radius 2 is 1.62 bits per heavy atom. The molecule has 160 valence electrons. The van der Waals surface area contributed by atoms with Crippen molar-refractivity contribution < 1.29 is 13.2 Å². The number of carbonyl (C=O) groups is 1. The van der Waals surface area contributed by atoms with Gasteiger partial charge in [-0.1, -0.05) is 0 Å². The Labute approximate surface area is 177 Å². The van der Waals surface area contributed by atoms with Crippen molar-refractivity contribution in [1.29, 1.82) is 0 Å². The number of aromatic nitrogens is 3. The van der Waals surface area contributed by atoms with Gasteiger partial charge >= 0.3 is 0 Å². The van der Waals surface area contributed by atoms with Gasteiger partial charge in [-0.05, 0) is 81.6 Å². The Hall–Kier alpha value is -2.04. The van der Waals surface area contributed by atoms with Crippen LogP contribution in [0.1, 0.15) is 47.0 Å². The van der Waals surface area contributed by atoms with Crippen molar-refractivity contribution in [2.24, 2.45) is 0 Å². The highest BCUT2D eigenvalue weighted by molar-refractivity contribution is 7.89. The van der Waals surface area contributed by atoms with E-state index >= 15 is 0 Å². The van der Waals surface area contributed by atoms with Crippen molar-refractivity contribution in [2.45, 2.75) is 65.9 Å². The molecule has 1 aromatic carbocycles. The van der Waals surface area contributed by atoms with E-state index in [1.807, 2.05) is 41.5 Å². The van der Waals surface area contributed by atoms with Crippen LogP contribution in [0.5, 0.6) is 0 Å². The van der Waals surface area contributed by atoms with Crippen LogP contribution in [0.2, 0.25) is 0 Å². The van der Waals surface area contributed by atoms with Gasteiger partial charge in [0.05, 0.1) is 11.4 Å². The van der Waals surface area contributed by atoms with E-state index in [0.717, 1.165) is 27.8 Å². The molecule has 1 amide bonds. The van der Waals surface area contributed by atoms with Crippen LogP contribution in [-0.4, -0.2) is 35.6 Å². The Balaban J connectivity index is 2.01. The molecular formula is C19H29N5O3S2. The number of sulfonamides is 1. The summed E-state index contributed by atoms with van der Waals surface area (Å²) in [5, 5.41) is 9.51. The van der Waals surface area contributed by atoms with Crippen molar-refractivity contribution in [3.63, 3.8) is 0 Å². The van der Waals surface area contributed by atoms with Crippen molar-refractivity contribution in [2.75, 3.05) is 6.54 Å². The topological polar surface area (TPSA) is 109 Å². The lowest BCUT2D eigenvalue weighted by atomic mass is 9.95. The van der Waals surface area contributed by atoms with E-state index in [1.54, 1.807) is 4.57 Å². The maximum Gasteiger partial charge on any atom is 0.241 e. The smallest absolute Gasteiger partial charge is 0.241 e. The van der Waals surface area contributed by atoms with E-state index in [9.17, 15) is 13.2 Å². The summed E-state index contributed by atoms with van der Waals surface area (Å²) in [5.41, 5.74) is 4.52. The van der Waals surface area contributed by atoms with Crippen LogP contribution in [0.3, 0.4) is 0 Å². The van der Waals surface area contributed by atoms with Crippen LogP contribution in [-0.2, 0) is 27.9 Å². The lowest BCUT2D eigenvalue weighted by Crippen LogP contribution is -2.32. The molecule has 0 radical (unpaired) electrons. The first-order valence-electron chi connectivity index (χ1n) is 9.48. The summed E-state index contributed by atoms with van der Waals surface area (Å²) in [4.78, 5) is 12.4. The zero-order chi connectivity index (χ0) is 21.9. The van der Waals surface area contributed by atoms with Gasteiger partial charge < -0.3 is 9.88 Å². The van der Waals surface area contributed by atoms with Crippen LogP contribution in [0.15, 0.2) is 4.90 Å². The minimum absolute atomic E-state index is 0.0135. The first-order chi connectivity index (χ1) is 13.5. The predicted molar refractivity (Wildman–Crippen MR) is 115 cm³/mol. The minimum atomic E-state index is -3.72. The van der Waals surface area contributed by atoms with E-state index in [-0.39, 0.29) is 25.4 Å². The third-order valence-corrected chi connectivity index (χ3v) is 7.49. The predicted octanol–water partition coefficient (Wildman–Crippen LogP) is 2.49. The maximum absolute atomic E-state index is 12.9. The molecule has 0 spiro atoms. The molecule has 0 aliphatic heterocycles. The maximum atomic E-state index is 12.9. The quantitative estimate of drug-likeness (QED) is 0.548. The Kier molecular flexibility index (Phi) is 7.36. The molecule has 29 heavy (non-hydrogen) atoms. The van der Waals surface area contributed by atoms with Gasteiger partial charge in [-0.3, -0.25) is 9.89 Å². The average Bonchev–Trinajstić information content (AvgIpc) is 3.02. The molecule has 0 fully saturated rings. The second-order valence-corrected chi connectivity index (χ2v) is 9.16. The van der Waals surface area contributed by atoms with Crippen molar-refractivity contribution in [1.82, 2.24) is 24.8 Å². The van der Waals surface area contributed by atoms with Gasteiger partial charge in [0.2, 0.25) is 15.9 Å². The van der Waals surface area contributed by atoms with E-state index < -0.39 is 10.0 Å². The Bertz CT molecular complexity index is 1050. The molecular weight excluding hydrogens is 410 g/mol. The standard InChI is InChI=1S/C19H29N5O3S2/c1-7-24-16(22-23-19(24)28)10-20-17(25)8-9-21-29(26,27)18-14(5)12(3)11(2)13(4)15(18)6/h21H,7-10H2,1-6H3,(H,20,25)(H,23,28). The number of nitrogens with zero attached hydrogens (tertiary/aromatic N) is 2. The summed E-state index contributed by atoms with van der Waals surface area (Å²) in [6.07, 6.45) is 0.0262. The van der Waals surface area contributed by atoms with Crippen LogP contribution in [0, 0.1) is 39.4 Å². The first-order valence-corrected chi connectivity index (χ1v) is 11.4. The highest BCUT2D eigenvalue weighted by atomic mass is 32.2. The molecule has 8 nitrogen and oxygen atoms in total. The fourth-order valence-electron chi connectivity index (χ4n) is 3.32. The molecule has 0 bridgehead atoms. The fraction of sp³-hybridized carbons (Fsp3) is 0.526. The van der Waals surface area contributed by atoms with Gasteiger partial charge in [0.1, 0.15) is 0 Å². The van der Waals surface area contributed by atoms with E-state index in [0.29, 0.717) is 22.0 Å². The van der Waals surface area contributed by atoms with Gasteiger partial charge in [-0.15, -0.1) is 0 Å².